The third-order valence-corrected chi connectivity index (χ3v) is 4.80. The Balaban J connectivity index is 1.83. The molecule has 0 bridgehead atoms. The van der Waals surface area contributed by atoms with Gasteiger partial charge in [0, 0.05) is 18.6 Å². The lowest BCUT2D eigenvalue weighted by atomic mass is 9.91. The van der Waals surface area contributed by atoms with Crippen molar-refractivity contribution in [1.29, 1.82) is 0 Å². The van der Waals surface area contributed by atoms with Crippen molar-refractivity contribution in [3.63, 3.8) is 0 Å². The quantitative estimate of drug-likeness (QED) is 0.857. The zero-order valence-electron chi connectivity index (χ0n) is 12.5. The predicted molar refractivity (Wildman–Crippen MR) is 89.4 cm³/mol. The van der Waals surface area contributed by atoms with Gasteiger partial charge in [-0.25, -0.2) is 0 Å². The molecule has 0 radical (unpaired) electrons. The highest BCUT2D eigenvalue weighted by Gasteiger charge is 2.23. The molecular formula is C16H24Cl2N2O. The Kier molecular flexibility index (Phi) is 6.62. The largest absolute Gasteiger partial charge is 0.489 e. The number of nitrogens with zero attached hydrogens (tertiary/aromatic N) is 1. The van der Waals surface area contributed by atoms with Crippen molar-refractivity contribution in [1.82, 2.24) is 4.90 Å². The van der Waals surface area contributed by atoms with Crippen LogP contribution in [-0.4, -0.2) is 36.7 Å². The summed E-state index contributed by atoms with van der Waals surface area (Å²) in [5, 5.41) is 1.13. The van der Waals surface area contributed by atoms with Crippen LogP contribution >= 0.6 is 23.2 Å². The maximum absolute atomic E-state index is 6.11. The summed E-state index contributed by atoms with van der Waals surface area (Å²) in [6.45, 7) is 4.70. The molecule has 118 valence electrons. The van der Waals surface area contributed by atoms with E-state index >= 15 is 0 Å². The fourth-order valence-electron chi connectivity index (χ4n) is 2.95. The first kappa shape index (κ1) is 16.9. The number of nitrogens with two attached hydrogens (primary N) is 1. The fraction of sp³-hybridized carbons (Fsp3) is 0.625. The van der Waals surface area contributed by atoms with Crippen LogP contribution in [0, 0.1) is 0 Å². The first-order valence-corrected chi connectivity index (χ1v) is 8.43. The SMILES string of the molecule is CCN(CCOc1c(Cl)cccc1Cl)C1CCC(N)CC1. The molecule has 5 heteroatoms. The highest BCUT2D eigenvalue weighted by Crippen LogP contribution is 2.32. The minimum Gasteiger partial charge on any atom is -0.489 e. The molecule has 1 aromatic carbocycles. The summed E-state index contributed by atoms with van der Waals surface area (Å²) in [4.78, 5) is 2.47. The van der Waals surface area contributed by atoms with E-state index in [2.05, 4.69) is 11.8 Å². The zero-order chi connectivity index (χ0) is 15.2. The van der Waals surface area contributed by atoms with Crippen LogP contribution in [0.2, 0.25) is 10.0 Å². The number of likely N-dealkylation sites (N-methyl/N-ethyl adjacent to an activating group) is 1. The fourth-order valence-corrected chi connectivity index (χ4v) is 3.46. The third kappa shape index (κ3) is 4.75. The first-order valence-electron chi connectivity index (χ1n) is 7.68. The predicted octanol–water partition coefficient (Wildman–Crippen LogP) is 3.96. The zero-order valence-corrected chi connectivity index (χ0v) is 14.0. The van der Waals surface area contributed by atoms with Crippen molar-refractivity contribution in [2.45, 2.75) is 44.7 Å². The topological polar surface area (TPSA) is 38.5 Å². The van der Waals surface area contributed by atoms with Gasteiger partial charge in [0.2, 0.25) is 0 Å². The standard InChI is InChI=1S/C16H24Cl2N2O/c1-2-20(13-8-6-12(19)7-9-13)10-11-21-16-14(17)4-3-5-15(16)18/h3-5,12-13H,2,6-11,19H2,1H3. The van der Waals surface area contributed by atoms with Crippen LogP contribution in [0.15, 0.2) is 18.2 Å². The highest BCUT2D eigenvalue weighted by molar-refractivity contribution is 6.37. The molecule has 0 heterocycles. The molecule has 0 spiro atoms. The molecular weight excluding hydrogens is 307 g/mol. The van der Waals surface area contributed by atoms with E-state index in [0.717, 1.165) is 25.9 Å². The van der Waals surface area contributed by atoms with E-state index in [1.807, 2.05) is 6.07 Å². The molecule has 1 saturated carbocycles. The maximum atomic E-state index is 6.11. The molecule has 21 heavy (non-hydrogen) atoms. The van der Waals surface area contributed by atoms with E-state index in [1.54, 1.807) is 12.1 Å². The Hall–Kier alpha value is -0.480. The van der Waals surface area contributed by atoms with Crippen LogP contribution in [0.1, 0.15) is 32.6 Å². The average molecular weight is 331 g/mol. The molecule has 2 N–H and O–H groups in total. The molecule has 0 aliphatic heterocycles. The van der Waals surface area contributed by atoms with E-state index in [4.69, 9.17) is 33.7 Å². The summed E-state index contributed by atoms with van der Waals surface area (Å²) in [5.74, 6) is 0.586. The van der Waals surface area contributed by atoms with Gasteiger partial charge in [0.25, 0.3) is 0 Å². The number of rotatable bonds is 6. The summed E-state index contributed by atoms with van der Waals surface area (Å²) < 4.78 is 5.78. The molecule has 0 saturated heterocycles. The number of para-hydroxylation sites is 1. The van der Waals surface area contributed by atoms with E-state index in [-0.39, 0.29) is 0 Å². The second-order valence-corrected chi connectivity index (χ2v) is 6.41. The lowest BCUT2D eigenvalue weighted by Crippen LogP contribution is -2.42. The molecule has 0 atom stereocenters. The number of benzene rings is 1. The van der Waals surface area contributed by atoms with Gasteiger partial charge in [-0.1, -0.05) is 36.2 Å². The van der Waals surface area contributed by atoms with Crippen molar-refractivity contribution in [3.8, 4) is 5.75 Å². The van der Waals surface area contributed by atoms with Gasteiger partial charge in [-0.15, -0.1) is 0 Å². The average Bonchev–Trinajstić information content (AvgIpc) is 2.47. The van der Waals surface area contributed by atoms with E-state index in [9.17, 15) is 0 Å². The molecule has 1 aromatic rings. The van der Waals surface area contributed by atoms with Gasteiger partial charge in [-0.2, -0.15) is 0 Å². The van der Waals surface area contributed by atoms with Crippen molar-refractivity contribution in [2.24, 2.45) is 5.73 Å². The minimum atomic E-state index is 0.387. The number of hydrogen-bond acceptors (Lipinski definition) is 3. The summed E-state index contributed by atoms with van der Waals surface area (Å²) in [6.07, 6.45) is 4.61. The van der Waals surface area contributed by atoms with Crippen molar-refractivity contribution in [2.75, 3.05) is 19.7 Å². The molecule has 3 nitrogen and oxygen atoms in total. The van der Waals surface area contributed by atoms with Crippen LogP contribution in [0.4, 0.5) is 0 Å². The summed E-state index contributed by atoms with van der Waals surface area (Å²) in [5.41, 5.74) is 5.98. The van der Waals surface area contributed by atoms with Gasteiger partial charge in [0.1, 0.15) is 6.61 Å². The van der Waals surface area contributed by atoms with Gasteiger partial charge in [0.05, 0.1) is 10.0 Å². The molecule has 0 aromatic heterocycles. The highest BCUT2D eigenvalue weighted by atomic mass is 35.5. The van der Waals surface area contributed by atoms with Gasteiger partial charge < -0.3 is 10.5 Å². The molecule has 1 aliphatic rings. The Morgan fingerprint density at radius 1 is 1.19 bits per heavy atom. The normalized spacial score (nSPS) is 22.5. The Bertz CT molecular complexity index is 428. The monoisotopic (exact) mass is 330 g/mol. The van der Waals surface area contributed by atoms with Crippen molar-refractivity contribution in [3.05, 3.63) is 28.2 Å². The number of hydrogen-bond donors (Lipinski definition) is 1. The molecule has 0 amide bonds. The lowest BCUT2D eigenvalue weighted by molar-refractivity contribution is 0.132. The second-order valence-electron chi connectivity index (χ2n) is 5.60. The number of ether oxygens (including phenoxy) is 1. The van der Waals surface area contributed by atoms with Crippen LogP contribution < -0.4 is 10.5 Å². The molecule has 0 unspecified atom stereocenters. The van der Waals surface area contributed by atoms with Gasteiger partial charge in [0.15, 0.2) is 5.75 Å². The van der Waals surface area contributed by atoms with Crippen molar-refractivity contribution < 1.29 is 4.74 Å². The molecule has 2 rings (SSSR count). The van der Waals surface area contributed by atoms with Crippen LogP contribution in [0.3, 0.4) is 0 Å². The summed E-state index contributed by atoms with van der Waals surface area (Å²) in [7, 11) is 0. The van der Waals surface area contributed by atoms with Gasteiger partial charge in [-0.05, 0) is 44.4 Å². The second kappa shape index (κ2) is 8.23. The lowest BCUT2D eigenvalue weighted by Gasteiger charge is -2.35. The van der Waals surface area contributed by atoms with Crippen LogP contribution in [0.5, 0.6) is 5.75 Å². The molecule has 1 fully saturated rings. The number of halogens is 2. The van der Waals surface area contributed by atoms with Gasteiger partial charge in [-0.3, -0.25) is 4.90 Å². The van der Waals surface area contributed by atoms with Crippen LogP contribution in [0.25, 0.3) is 0 Å². The third-order valence-electron chi connectivity index (χ3n) is 4.21. The smallest absolute Gasteiger partial charge is 0.156 e. The maximum Gasteiger partial charge on any atom is 0.156 e. The Morgan fingerprint density at radius 3 is 2.38 bits per heavy atom. The van der Waals surface area contributed by atoms with Gasteiger partial charge >= 0.3 is 0 Å². The van der Waals surface area contributed by atoms with Crippen LogP contribution in [-0.2, 0) is 0 Å². The first-order chi connectivity index (χ1) is 10.1. The summed E-state index contributed by atoms with van der Waals surface area (Å²) in [6, 6.07) is 6.42. The van der Waals surface area contributed by atoms with E-state index in [1.165, 1.54) is 12.8 Å². The van der Waals surface area contributed by atoms with Crippen molar-refractivity contribution >= 4 is 23.2 Å². The molecule has 1 aliphatic carbocycles. The minimum absolute atomic E-state index is 0.387. The summed E-state index contributed by atoms with van der Waals surface area (Å²) >= 11 is 12.2. The van der Waals surface area contributed by atoms with E-state index < -0.39 is 0 Å². The Morgan fingerprint density at radius 2 is 1.81 bits per heavy atom. The van der Waals surface area contributed by atoms with E-state index in [0.29, 0.717) is 34.5 Å². The Labute approximate surface area is 137 Å².